The summed E-state index contributed by atoms with van der Waals surface area (Å²) in [5.74, 6) is 1.06. The Hall–Kier alpha value is -1.58. The van der Waals surface area contributed by atoms with E-state index in [2.05, 4.69) is 13.8 Å². The quantitative estimate of drug-likeness (QED) is 0.743. The van der Waals surface area contributed by atoms with Gasteiger partial charge in [-0.05, 0) is 24.7 Å². The van der Waals surface area contributed by atoms with E-state index in [0.29, 0.717) is 47.8 Å². The lowest BCUT2D eigenvalue weighted by Crippen LogP contribution is -2.32. The summed E-state index contributed by atoms with van der Waals surface area (Å²) in [6, 6.07) is 0. The maximum absolute atomic E-state index is 12.3. The van der Waals surface area contributed by atoms with Gasteiger partial charge in [-0.2, -0.15) is 0 Å². The van der Waals surface area contributed by atoms with Crippen LogP contribution in [0.5, 0.6) is 0 Å². The van der Waals surface area contributed by atoms with Gasteiger partial charge >= 0.3 is 11.9 Å². The second kappa shape index (κ2) is 5.08. The summed E-state index contributed by atoms with van der Waals surface area (Å²) in [6.45, 7) is 4.17. The van der Waals surface area contributed by atoms with Gasteiger partial charge in [-0.3, -0.25) is 0 Å². The monoisotopic (exact) mass is 276 g/mol. The van der Waals surface area contributed by atoms with Gasteiger partial charge < -0.3 is 9.47 Å². The number of esters is 2. The summed E-state index contributed by atoms with van der Waals surface area (Å²) in [4.78, 5) is 24.4. The molecule has 0 fully saturated rings. The van der Waals surface area contributed by atoms with Crippen molar-refractivity contribution in [2.24, 2.45) is 11.8 Å². The molecule has 0 radical (unpaired) electrons. The fraction of sp³-hybridized carbons (Fsp3) is 0.625. The average molecular weight is 276 g/mol. The third kappa shape index (κ3) is 2.07. The molecular weight excluding hydrogens is 256 g/mol. The Morgan fingerprint density at radius 3 is 2.25 bits per heavy atom. The second-order valence-corrected chi connectivity index (χ2v) is 5.89. The second-order valence-electron chi connectivity index (χ2n) is 5.89. The summed E-state index contributed by atoms with van der Waals surface area (Å²) in [5, 5.41) is 0. The Balaban J connectivity index is 1.84. The van der Waals surface area contributed by atoms with Crippen LogP contribution in [0.25, 0.3) is 0 Å². The normalized spacial score (nSPS) is 29.1. The van der Waals surface area contributed by atoms with Gasteiger partial charge in [0.15, 0.2) is 0 Å². The highest BCUT2D eigenvalue weighted by molar-refractivity contribution is 6.04. The summed E-state index contributed by atoms with van der Waals surface area (Å²) in [6.07, 6.45) is 4.96. The molecule has 0 bridgehead atoms. The van der Waals surface area contributed by atoms with Gasteiger partial charge in [-0.25, -0.2) is 9.59 Å². The first kappa shape index (κ1) is 13.4. The Bertz CT molecular complexity index is 527. The molecule has 108 valence electrons. The zero-order valence-corrected chi connectivity index (χ0v) is 12.0. The molecule has 0 spiro atoms. The highest BCUT2D eigenvalue weighted by Gasteiger charge is 2.43. The Kier molecular flexibility index (Phi) is 3.40. The molecule has 1 heterocycles. The Labute approximate surface area is 118 Å². The zero-order valence-electron chi connectivity index (χ0n) is 12.0. The number of rotatable bonds is 3. The first-order valence-electron chi connectivity index (χ1n) is 7.53. The first-order valence-corrected chi connectivity index (χ1v) is 7.53. The third-order valence-corrected chi connectivity index (χ3v) is 4.56. The predicted molar refractivity (Wildman–Crippen MR) is 72.3 cm³/mol. The van der Waals surface area contributed by atoms with Gasteiger partial charge in [-0.15, -0.1) is 0 Å². The standard InChI is InChI=1S/C16H20O4/c1-3-5-10-8-11-14(10)16(18)20-13-7-9(4-2)6-12(13)19-15(11)17/h9-10H,3-8H2,1-2H3/t9-,10?/m1/s1. The fourth-order valence-electron chi connectivity index (χ4n) is 3.30. The molecule has 1 unspecified atom stereocenters. The van der Waals surface area contributed by atoms with Crippen molar-refractivity contribution in [2.75, 3.05) is 0 Å². The van der Waals surface area contributed by atoms with Crippen LogP contribution in [0.2, 0.25) is 0 Å². The fourth-order valence-corrected chi connectivity index (χ4v) is 3.30. The summed E-state index contributed by atoms with van der Waals surface area (Å²) in [7, 11) is 0. The lowest BCUT2D eigenvalue weighted by atomic mass is 9.75. The molecule has 4 nitrogen and oxygen atoms in total. The molecule has 0 amide bonds. The van der Waals surface area contributed by atoms with Crippen molar-refractivity contribution < 1.29 is 19.1 Å². The molecule has 2 aliphatic carbocycles. The van der Waals surface area contributed by atoms with E-state index in [9.17, 15) is 9.59 Å². The molecule has 0 N–H and O–H groups in total. The lowest BCUT2D eigenvalue weighted by Gasteiger charge is -2.32. The molecule has 4 heteroatoms. The van der Waals surface area contributed by atoms with Crippen molar-refractivity contribution >= 4 is 11.9 Å². The van der Waals surface area contributed by atoms with Crippen LogP contribution in [0.15, 0.2) is 22.7 Å². The van der Waals surface area contributed by atoms with Crippen LogP contribution in [0.3, 0.4) is 0 Å². The van der Waals surface area contributed by atoms with Crippen molar-refractivity contribution in [3.8, 4) is 0 Å². The Morgan fingerprint density at radius 2 is 1.65 bits per heavy atom. The summed E-state index contributed by atoms with van der Waals surface area (Å²) in [5.41, 5.74) is 1.09. The van der Waals surface area contributed by atoms with Crippen LogP contribution >= 0.6 is 0 Å². The molecule has 2 atom stereocenters. The van der Waals surface area contributed by atoms with Gasteiger partial charge in [0.2, 0.25) is 0 Å². The van der Waals surface area contributed by atoms with Gasteiger partial charge in [0.25, 0.3) is 0 Å². The van der Waals surface area contributed by atoms with Gasteiger partial charge in [-0.1, -0.05) is 26.7 Å². The smallest absolute Gasteiger partial charge is 0.340 e. The van der Waals surface area contributed by atoms with Crippen LogP contribution in [-0.2, 0) is 19.1 Å². The molecule has 0 aromatic heterocycles. The molecule has 3 aliphatic rings. The summed E-state index contributed by atoms with van der Waals surface area (Å²) >= 11 is 0. The van der Waals surface area contributed by atoms with Gasteiger partial charge in [0.1, 0.15) is 11.5 Å². The van der Waals surface area contributed by atoms with Crippen LogP contribution in [-0.4, -0.2) is 11.9 Å². The first-order chi connectivity index (χ1) is 9.63. The molecule has 0 saturated heterocycles. The minimum atomic E-state index is -0.340. The minimum absolute atomic E-state index is 0.167. The molecule has 20 heavy (non-hydrogen) atoms. The van der Waals surface area contributed by atoms with Crippen LogP contribution in [0, 0.1) is 11.8 Å². The van der Waals surface area contributed by atoms with E-state index in [1.807, 2.05) is 0 Å². The maximum Gasteiger partial charge on any atom is 0.340 e. The van der Waals surface area contributed by atoms with E-state index in [1.54, 1.807) is 0 Å². The number of ether oxygens (including phenoxy) is 2. The number of hydrogen-bond donors (Lipinski definition) is 0. The van der Waals surface area contributed by atoms with Crippen LogP contribution in [0.1, 0.15) is 52.4 Å². The molecule has 1 aliphatic heterocycles. The van der Waals surface area contributed by atoms with Gasteiger partial charge in [0, 0.05) is 18.4 Å². The third-order valence-electron chi connectivity index (χ3n) is 4.56. The van der Waals surface area contributed by atoms with Crippen molar-refractivity contribution in [1.29, 1.82) is 0 Å². The van der Waals surface area contributed by atoms with E-state index in [4.69, 9.17) is 9.47 Å². The van der Waals surface area contributed by atoms with Crippen molar-refractivity contribution in [3.05, 3.63) is 22.7 Å². The van der Waals surface area contributed by atoms with E-state index in [0.717, 1.165) is 19.3 Å². The number of hydrogen-bond acceptors (Lipinski definition) is 4. The number of allylic oxidation sites excluding steroid dienone is 2. The zero-order chi connectivity index (χ0) is 14.3. The highest BCUT2D eigenvalue weighted by Crippen LogP contribution is 2.44. The maximum atomic E-state index is 12.3. The van der Waals surface area contributed by atoms with Crippen molar-refractivity contribution in [2.45, 2.75) is 52.4 Å². The minimum Gasteiger partial charge on any atom is -0.424 e. The van der Waals surface area contributed by atoms with Crippen molar-refractivity contribution in [1.82, 2.24) is 0 Å². The Morgan fingerprint density at radius 1 is 1.00 bits per heavy atom. The highest BCUT2D eigenvalue weighted by atomic mass is 16.6. The molecule has 0 saturated carbocycles. The van der Waals surface area contributed by atoms with E-state index in [-0.39, 0.29) is 17.9 Å². The van der Waals surface area contributed by atoms with Crippen molar-refractivity contribution in [3.63, 3.8) is 0 Å². The topological polar surface area (TPSA) is 52.6 Å². The molecular formula is C16H20O4. The molecule has 0 aromatic carbocycles. The predicted octanol–water partition coefficient (Wildman–Crippen LogP) is 3.23. The average Bonchev–Trinajstić information content (AvgIpc) is 2.74. The number of carbonyl (C=O) groups is 2. The summed E-state index contributed by atoms with van der Waals surface area (Å²) < 4.78 is 11.0. The molecule has 0 aromatic rings. The largest absolute Gasteiger partial charge is 0.424 e. The molecule has 3 rings (SSSR count). The van der Waals surface area contributed by atoms with Crippen LogP contribution in [0.4, 0.5) is 0 Å². The lowest BCUT2D eigenvalue weighted by molar-refractivity contribution is -0.143. The van der Waals surface area contributed by atoms with E-state index < -0.39 is 0 Å². The number of carbonyl (C=O) groups excluding carboxylic acids is 2. The SMILES string of the molecule is CCCC1CC2=C1C(=O)OC1=C(C[C@@H](CC)C1)OC2=O. The van der Waals surface area contributed by atoms with E-state index >= 15 is 0 Å². The van der Waals surface area contributed by atoms with E-state index in [1.165, 1.54) is 0 Å². The van der Waals surface area contributed by atoms with Gasteiger partial charge in [0.05, 0.1) is 5.57 Å². The van der Waals surface area contributed by atoms with Crippen LogP contribution < -0.4 is 0 Å².